The van der Waals surface area contributed by atoms with Gasteiger partial charge < -0.3 is 19.7 Å². The fraction of sp³-hybridized carbons (Fsp3) is 0.417. The first-order valence-corrected chi connectivity index (χ1v) is 12.6. The van der Waals surface area contributed by atoms with Gasteiger partial charge >= 0.3 is 0 Å². The van der Waals surface area contributed by atoms with Gasteiger partial charge in [-0.3, -0.25) is 9.59 Å². The number of fused-ring (bicyclic) bond motifs is 1. The Labute approximate surface area is 200 Å². The molecule has 1 heterocycles. The molecule has 3 rings (SSSR count). The molecule has 1 unspecified atom stereocenters. The van der Waals surface area contributed by atoms with Crippen LogP contribution in [0.3, 0.4) is 0 Å². The molecule has 1 atom stereocenters. The smallest absolute Gasteiger partial charge is 0.242 e. The monoisotopic (exact) mass is 489 g/mol. The topological polar surface area (TPSA) is 114 Å². The lowest BCUT2D eigenvalue weighted by atomic mass is 10.0. The first kappa shape index (κ1) is 25.5. The minimum Gasteiger partial charge on any atom is -0.493 e. The molecule has 9 nitrogen and oxygen atoms in total. The zero-order valence-electron chi connectivity index (χ0n) is 20.0. The Bertz CT molecular complexity index is 1180. The molecule has 2 aromatic rings. The Balaban J connectivity index is 1.80. The van der Waals surface area contributed by atoms with E-state index in [1.807, 2.05) is 0 Å². The molecule has 0 aromatic heterocycles. The maximum atomic E-state index is 13.2. The second-order valence-electron chi connectivity index (χ2n) is 8.34. The van der Waals surface area contributed by atoms with Crippen LogP contribution in [0.15, 0.2) is 41.3 Å². The summed E-state index contributed by atoms with van der Waals surface area (Å²) >= 11 is 0. The molecule has 1 aliphatic rings. The summed E-state index contributed by atoms with van der Waals surface area (Å²) in [4.78, 5) is 26.8. The van der Waals surface area contributed by atoms with Crippen molar-refractivity contribution in [1.29, 1.82) is 0 Å². The summed E-state index contributed by atoms with van der Waals surface area (Å²) < 4.78 is 39.3. The quantitative estimate of drug-likeness (QED) is 0.560. The molecule has 1 aliphatic heterocycles. The number of carbonyl (C=O) groups is 2. The number of hydrogen-bond donors (Lipinski definition) is 2. The predicted octanol–water partition coefficient (Wildman–Crippen LogP) is 2.94. The number of ether oxygens (including phenoxy) is 2. The first-order valence-electron chi connectivity index (χ1n) is 11.1. The van der Waals surface area contributed by atoms with Crippen LogP contribution in [0.5, 0.6) is 11.5 Å². The summed E-state index contributed by atoms with van der Waals surface area (Å²) in [6, 6.07) is 8.58. The normalized spacial score (nSPS) is 14.0. The third-order valence-electron chi connectivity index (χ3n) is 5.74. The van der Waals surface area contributed by atoms with Crippen LogP contribution in [-0.2, 0) is 26.0 Å². The van der Waals surface area contributed by atoms with E-state index in [2.05, 4.69) is 10.0 Å². The van der Waals surface area contributed by atoms with Crippen molar-refractivity contribution in [3.05, 3.63) is 42.0 Å². The molecule has 2 aromatic carbocycles. The van der Waals surface area contributed by atoms with E-state index < -0.39 is 22.0 Å². The highest BCUT2D eigenvalue weighted by molar-refractivity contribution is 7.89. The van der Waals surface area contributed by atoms with Crippen molar-refractivity contribution >= 4 is 33.2 Å². The van der Waals surface area contributed by atoms with Crippen LogP contribution in [0.2, 0.25) is 0 Å². The van der Waals surface area contributed by atoms with E-state index in [0.29, 0.717) is 36.6 Å². The van der Waals surface area contributed by atoms with Crippen LogP contribution in [0.1, 0.15) is 32.8 Å². The molecule has 0 saturated carbocycles. The Morgan fingerprint density at radius 1 is 1.06 bits per heavy atom. The SMILES string of the molecule is CCC(=O)N1CCc2cc(S(=O)(=O)NC(C(=O)Nc3ccc(OC)c(OC)c3)C(C)C)ccc21. The van der Waals surface area contributed by atoms with Crippen molar-refractivity contribution in [2.45, 2.75) is 44.6 Å². The Morgan fingerprint density at radius 2 is 1.76 bits per heavy atom. The van der Waals surface area contributed by atoms with Crippen molar-refractivity contribution in [3.8, 4) is 11.5 Å². The predicted molar refractivity (Wildman–Crippen MR) is 130 cm³/mol. The number of amides is 2. The summed E-state index contributed by atoms with van der Waals surface area (Å²) in [6.45, 7) is 5.85. The maximum absolute atomic E-state index is 13.2. The van der Waals surface area contributed by atoms with Crippen molar-refractivity contribution < 1.29 is 27.5 Å². The van der Waals surface area contributed by atoms with E-state index in [0.717, 1.165) is 11.3 Å². The number of methoxy groups -OCH3 is 2. The molecule has 0 saturated heterocycles. The molecule has 2 N–H and O–H groups in total. The van der Waals surface area contributed by atoms with E-state index in [4.69, 9.17) is 9.47 Å². The third-order valence-corrected chi connectivity index (χ3v) is 7.18. The lowest BCUT2D eigenvalue weighted by Gasteiger charge is -2.22. The van der Waals surface area contributed by atoms with Crippen LogP contribution in [-0.4, -0.2) is 47.0 Å². The van der Waals surface area contributed by atoms with Gasteiger partial charge in [0.2, 0.25) is 21.8 Å². The van der Waals surface area contributed by atoms with Crippen LogP contribution >= 0.6 is 0 Å². The largest absolute Gasteiger partial charge is 0.493 e. The maximum Gasteiger partial charge on any atom is 0.242 e. The number of nitrogens with zero attached hydrogens (tertiary/aromatic N) is 1. The van der Waals surface area contributed by atoms with Crippen molar-refractivity contribution in [2.24, 2.45) is 5.92 Å². The molecule has 184 valence electrons. The van der Waals surface area contributed by atoms with Gasteiger partial charge in [-0.2, -0.15) is 4.72 Å². The van der Waals surface area contributed by atoms with E-state index in [1.54, 1.807) is 56.0 Å². The van der Waals surface area contributed by atoms with E-state index in [1.165, 1.54) is 20.3 Å². The lowest BCUT2D eigenvalue weighted by molar-refractivity contribution is -0.119. The minimum absolute atomic E-state index is 0.000752. The van der Waals surface area contributed by atoms with Gasteiger partial charge in [-0.15, -0.1) is 0 Å². The molecule has 2 amide bonds. The Kier molecular flexibility index (Phi) is 7.83. The molecule has 0 radical (unpaired) electrons. The Morgan fingerprint density at radius 3 is 2.38 bits per heavy atom. The number of benzene rings is 2. The fourth-order valence-electron chi connectivity index (χ4n) is 3.86. The number of nitrogens with one attached hydrogen (secondary N) is 2. The lowest BCUT2D eigenvalue weighted by Crippen LogP contribution is -2.47. The minimum atomic E-state index is -3.99. The van der Waals surface area contributed by atoms with E-state index >= 15 is 0 Å². The van der Waals surface area contributed by atoms with Crippen LogP contribution < -0.4 is 24.4 Å². The number of anilines is 2. The van der Waals surface area contributed by atoms with E-state index in [9.17, 15) is 18.0 Å². The van der Waals surface area contributed by atoms with Crippen LogP contribution in [0.4, 0.5) is 11.4 Å². The van der Waals surface area contributed by atoms with Crippen LogP contribution in [0.25, 0.3) is 0 Å². The number of hydrogen-bond acceptors (Lipinski definition) is 6. The van der Waals surface area contributed by atoms with Crippen LogP contribution in [0, 0.1) is 5.92 Å². The number of carbonyl (C=O) groups excluding carboxylic acids is 2. The molecule has 0 bridgehead atoms. The zero-order valence-corrected chi connectivity index (χ0v) is 20.9. The first-order chi connectivity index (χ1) is 16.1. The standard InChI is InChI=1S/C24H31N3O6S/c1-6-22(28)27-12-11-16-13-18(8-9-19(16)27)34(30,31)26-23(15(2)3)24(29)25-17-7-10-20(32-4)21(14-17)33-5/h7-10,13-15,23,26H,6,11-12H2,1-5H3,(H,25,29). The van der Waals surface area contributed by atoms with Crippen molar-refractivity contribution in [1.82, 2.24) is 4.72 Å². The van der Waals surface area contributed by atoms with E-state index in [-0.39, 0.29) is 16.7 Å². The molecular formula is C24H31N3O6S. The average Bonchev–Trinajstić information content (AvgIpc) is 3.25. The van der Waals surface area contributed by atoms with Gasteiger partial charge in [0.1, 0.15) is 6.04 Å². The highest BCUT2D eigenvalue weighted by Crippen LogP contribution is 2.32. The molecule has 0 fully saturated rings. The number of sulfonamides is 1. The molecule has 0 aliphatic carbocycles. The average molecular weight is 490 g/mol. The second-order valence-corrected chi connectivity index (χ2v) is 10.1. The second kappa shape index (κ2) is 10.4. The number of rotatable bonds is 9. The van der Waals surface area contributed by atoms with Gasteiger partial charge in [-0.25, -0.2) is 8.42 Å². The summed E-state index contributed by atoms with van der Waals surface area (Å²) in [7, 11) is -0.989. The van der Waals surface area contributed by atoms with Gasteiger partial charge in [-0.05, 0) is 48.2 Å². The molecular weight excluding hydrogens is 458 g/mol. The zero-order chi connectivity index (χ0) is 25.0. The molecule has 34 heavy (non-hydrogen) atoms. The van der Waals surface area contributed by atoms with Crippen molar-refractivity contribution in [3.63, 3.8) is 0 Å². The van der Waals surface area contributed by atoms with Crippen molar-refractivity contribution in [2.75, 3.05) is 31.0 Å². The van der Waals surface area contributed by atoms with Gasteiger partial charge in [0, 0.05) is 30.4 Å². The van der Waals surface area contributed by atoms with Gasteiger partial charge in [0.15, 0.2) is 11.5 Å². The molecule has 0 spiro atoms. The van der Waals surface area contributed by atoms with Gasteiger partial charge in [0.05, 0.1) is 19.1 Å². The summed E-state index contributed by atoms with van der Waals surface area (Å²) in [6.07, 6.45) is 0.962. The third kappa shape index (κ3) is 5.34. The summed E-state index contributed by atoms with van der Waals surface area (Å²) in [5.41, 5.74) is 1.98. The highest BCUT2D eigenvalue weighted by atomic mass is 32.2. The van der Waals surface area contributed by atoms with Gasteiger partial charge in [0.25, 0.3) is 0 Å². The fourth-order valence-corrected chi connectivity index (χ4v) is 5.25. The van der Waals surface area contributed by atoms with Gasteiger partial charge in [-0.1, -0.05) is 20.8 Å². The molecule has 10 heteroatoms. The highest BCUT2D eigenvalue weighted by Gasteiger charge is 2.30. The Hall–Kier alpha value is -3.11. The summed E-state index contributed by atoms with van der Waals surface area (Å²) in [5.74, 6) is 0.140. The summed E-state index contributed by atoms with van der Waals surface area (Å²) in [5, 5.41) is 2.74.